The lowest BCUT2D eigenvalue weighted by Gasteiger charge is -2.34. The molecule has 0 unspecified atom stereocenters. The number of carbonyl (C=O) groups excluding carboxylic acids is 2. The van der Waals surface area contributed by atoms with Crippen molar-refractivity contribution in [2.45, 2.75) is 13.3 Å². The molecule has 0 atom stereocenters. The number of urea groups is 1. The highest BCUT2D eigenvalue weighted by Gasteiger charge is 2.24. The molecule has 2 heterocycles. The Balaban J connectivity index is 1.82. The Morgan fingerprint density at radius 2 is 1.95 bits per heavy atom. The van der Waals surface area contributed by atoms with Gasteiger partial charge in [0.1, 0.15) is 0 Å². The van der Waals surface area contributed by atoms with Crippen molar-refractivity contribution in [3.8, 4) is 0 Å². The van der Waals surface area contributed by atoms with Crippen molar-refractivity contribution in [1.82, 2.24) is 15.1 Å². The summed E-state index contributed by atoms with van der Waals surface area (Å²) < 4.78 is 0. The first-order valence-electron chi connectivity index (χ1n) is 6.58. The van der Waals surface area contributed by atoms with Crippen molar-refractivity contribution >= 4 is 23.3 Å². The molecule has 19 heavy (non-hydrogen) atoms. The Hall–Kier alpha value is -1.56. The minimum absolute atomic E-state index is 0.0231. The van der Waals surface area contributed by atoms with Crippen molar-refractivity contribution in [3.05, 3.63) is 22.4 Å². The number of carbonyl (C=O) groups is 2. The quantitative estimate of drug-likeness (QED) is 0.915. The normalized spacial score (nSPS) is 15.4. The molecule has 1 N–H and O–H groups in total. The van der Waals surface area contributed by atoms with E-state index in [1.165, 1.54) is 11.3 Å². The monoisotopic (exact) mass is 281 g/mol. The fourth-order valence-corrected chi connectivity index (χ4v) is 2.70. The molecule has 1 aromatic rings. The number of nitrogens with one attached hydrogen (secondary N) is 1. The molecule has 1 fully saturated rings. The first-order valence-corrected chi connectivity index (χ1v) is 7.46. The summed E-state index contributed by atoms with van der Waals surface area (Å²) in [6, 6.07) is 3.70. The van der Waals surface area contributed by atoms with Crippen molar-refractivity contribution < 1.29 is 9.59 Å². The first-order chi connectivity index (χ1) is 9.22. The predicted molar refractivity (Wildman–Crippen MR) is 75.5 cm³/mol. The molecule has 3 amide bonds. The summed E-state index contributed by atoms with van der Waals surface area (Å²) in [5, 5.41) is 4.76. The van der Waals surface area contributed by atoms with Crippen LogP contribution in [0.3, 0.4) is 0 Å². The molecule has 2 rings (SSSR count). The van der Waals surface area contributed by atoms with Crippen LogP contribution >= 0.6 is 11.3 Å². The highest BCUT2D eigenvalue weighted by molar-refractivity contribution is 7.12. The lowest BCUT2D eigenvalue weighted by Crippen LogP contribution is -2.53. The van der Waals surface area contributed by atoms with Crippen LogP contribution < -0.4 is 5.32 Å². The summed E-state index contributed by atoms with van der Waals surface area (Å²) in [6.07, 6.45) is 0.933. The molecule has 6 heteroatoms. The predicted octanol–water partition coefficient (Wildman–Crippen LogP) is 1.63. The zero-order chi connectivity index (χ0) is 13.7. The van der Waals surface area contributed by atoms with Gasteiger partial charge in [0.05, 0.1) is 4.88 Å². The van der Waals surface area contributed by atoms with Crippen molar-refractivity contribution in [3.63, 3.8) is 0 Å². The topological polar surface area (TPSA) is 52.7 Å². The minimum Gasteiger partial charge on any atom is -0.338 e. The standard InChI is InChI=1S/C13H19N3O2S/c1-2-5-14-13(18)16-8-6-15(7-9-16)12(17)11-4-3-10-19-11/h3-4,10H,2,5-9H2,1H3,(H,14,18). The van der Waals surface area contributed by atoms with Crippen LogP contribution in [-0.4, -0.2) is 54.5 Å². The Labute approximate surface area is 117 Å². The van der Waals surface area contributed by atoms with E-state index in [2.05, 4.69) is 5.32 Å². The number of amides is 3. The molecular formula is C13H19N3O2S. The molecule has 104 valence electrons. The van der Waals surface area contributed by atoms with Crippen LogP contribution in [0.1, 0.15) is 23.0 Å². The number of piperazine rings is 1. The van der Waals surface area contributed by atoms with Crippen LogP contribution in [0.2, 0.25) is 0 Å². The van der Waals surface area contributed by atoms with Gasteiger partial charge in [0.2, 0.25) is 0 Å². The van der Waals surface area contributed by atoms with Crippen LogP contribution in [0.5, 0.6) is 0 Å². The Kier molecular flexibility index (Phi) is 4.79. The van der Waals surface area contributed by atoms with E-state index < -0.39 is 0 Å². The number of nitrogens with zero attached hydrogens (tertiary/aromatic N) is 2. The fourth-order valence-electron chi connectivity index (χ4n) is 2.01. The van der Waals surface area contributed by atoms with E-state index in [0.29, 0.717) is 32.7 Å². The molecule has 0 aliphatic carbocycles. The second kappa shape index (κ2) is 6.56. The summed E-state index contributed by atoms with van der Waals surface area (Å²) in [5.74, 6) is 0.0728. The summed E-state index contributed by atoms with van der Waals surface area (Å²) in [7, 11) is 0. The fraction of sp³-hybridized carbons (Fsp3) is 0.538. The minimum atomic E-state index is -0.0231. The number of hydrogen-bond acceptors (Lipinski definition) is 3. The van der Waals surface area contributed by atoms with Gasteiger partial charge in [0.15, 0.2) is 0 Å². The van der Waals surface area contributed by atoms with Gasteiger partial charge in [-0.15, -0.1) is 11.3 Å². The zero-order valence-electron chi connectivity index (χ0n) is 11.1. The van der Waals surface area contributed by atoms with Gasteiger partial charge in [-0.2, -0.15) is 0 Å². The Morgan fingerprint density at radius 3 is 2.53 bits per heavy atom. The Bertz CT molecular complexity index is 425. The third-order valence-corrected chi connectivity index (χ3v) is 3.97. The molecule has 1 saturated heterocycles. The van der Waals surface area contributed by atoms with E-state index in [4.69, 9.17) is 0 Å². The van der Waals surface area contributed by atoms with Gasteiger partial charge in [0.25, 0.3) is 5.91 Å². The number of thiophene rings is 1. The average Bonchev–Trinajstić information content (AvgIpc) is 2.98. The van der Waals surface area contributed by atoms with Gasteiger partial charge in [-0.05, 0) is 17.9 Å². The number of rotatable bonds is 3. The van der Waals surface area contributed by atoms with Crippen molar-refractivity contribution in [1.29, 1.82) is 0 Å². The van der Waals surface area contributed by atoms with Crippen LogP contribution in [0.15, 0.2) is 17.5 Å². The third-order valence-electron chi connectivity index (χ3n) is 3.11. The lowest BCUT2D eigenvalue weighted by molar-refractivity contribution is 0.0670. The highest BCUT2D eigenvalue weighted by Crippen LogP contribution is 2.13. The van der Waals surface area contributed by atoms with Crippen LogP contribution in [0, 0.1) is 0 Å². The molecule has 0 bridgehead atoms. The SMILES string of the molecule is CCCNC(=O)N1CCN(C(=O)c2cccs2)CC1. The van der Waals surface area contributed by atoms with E-state index in [0.717, 1.165) is 11.3 Å². The van der Waals surface area contributed by atoms with Gasteiger partial charge in [-0.1, -0.05) is 13.0 Å². The highest BCUT2D eigenvalue weighted by atomic mass is 32.1. The van der Waals surface area contributed by atoms with Crippen LogP contribution in [-0.2, 0) is 0 Å². The number of hydrogen-bond donors (Lipinski definition) is 1. The van der Waals surface area contributed by atoms with Crippen LogP contribution in [0.4, 0.5) is 4.79 Å². The molecule has 0 spiro atoms. The van der Waals surface area contributed by atoms with Gasteiger partial charge in [-0.3, -0.25) is 4.79 Å². The average molecular weight is 281 g/mol. The smallest absolute Gasteiger partial charge is 0.317 e. The zero-order valence-corrected chi connectivity index (χ0v) is 11.9. The second-order valence-corrected chi connectivity index (χ2v) is 5.44. The molecule has 5 nitrogen and oxygen atoms in total. The van der Waals surface area contributed by atoms with E-state index >= 15 is 0 Å². The molecule has 1 aromatic heterocycles. The lowest BCUT2D eigenvalue weighted by atomic mass is 10.3. The van der Waals surface area contributed by atoms with Crippen molar-refractivity contribution in [2.75, 3.05) is 32.7 Å². The van der Waals surface area contributed by atoms with E-state index in [1.807, 2.05) is 29.3 Å². The maximum Gasteiger partial charge on any atom is 0.317 e. The molecular weight excluding hydrogens is 262 g/mol. The molecule has 0 radical (unpaired) electrons. The van der Waals surface area contributed by atoms with E-state index in [-0.39, 0.29) is 11.9 Å². The summed E-state index contributed by atoms with van der Waals surface area (Å²) in [4.78, 5) is 28.3. The van der Waals surface area contributed by atoms with E-state index in [9.17, 15) is 9.59 Å². The molecule has 0 aromatic carbocycles. The third kappa shape index (κ3) is 3.47. The molecule has 1 aliphatic rings. The van der Waals surface area contributed by atoms with Gasteiger partial charge in [-0.25, -0.2) is 4.79 Å². The summed E-state index contributed by atoms with van der Waals surface area (Å²) >= 11 is 1.46. The Morgan fingerprint density at radius 1 is 1.26 bits per heavy atom. The van der Waals surface area contributed by atoms with Gasteiger partial charge in [0, 0.05) is 32.7 Å². The van der Waals surface area contributed by atoms with Gasteiger partial charge >= 0.3 is 6.03 Å². The maximum atomic E-state index is 12.1. The largest absolute Gasteiger partial charge is 0.338 e. The molecule has 0 saturated carbocycles. The first kappa shape index (κ1) is 13.9. The molecule has 1 aliphatic heterocycles. The van der Waals surface area contributed by atoms with Gasteiger partial charge < -0.3 is 15.1 Å². The van der Waals surface area contributed by atoms with Crippen molar-refractivity contribution in [2.24, 2.45) is 0 Å². The maximum absolute atomic E-state index is 12.1. The van der Waals surface area contributed by atoms with Crippen LogP contribution in [0.25, 0.3) is 0 Å². The summed E-state index contributed by atoms with van der Waals surface area (Å²) in [6.45, 7) is 5.15. The van der Waals surface area contributed by atoms with E-state index in [1.54, 1.807) is 4.90 Å². The summed E-state index contributed by atoms with van der Waals surface area (Å²) in [5.41, 5.74) is 0. The second-order valence-electron chi connectivity index (χ2n) is 4.49.